The van der Waals surface area contributed by atoms with Crippen molar-refractivity contribution in [1.82, 2.24) is 9.21 Å². The summed E-state index contributed by atoms with van der Waals surface area (Å²) in [4.78, 5) is 13.9. The van der Waals surface area contributed by atoms with Crippen molar-refractivity contribution in [2.75, 3.05) is 47.0 Å². The summed E-state index contributed by atoms with van der Waals surface area (Å²) in [6.45, 7) is 5.48. The molecule has 1 amide bonds. The first kappa shape index (κ1) is 19.7. The lowest BCUT2D eigenvalue weighted by Crippen LogP contribution is -2.50. The first-order chi connectivity index (χ1) is 11.8. The molecule has 0 aliphatic carbocycles. The lowest BCUT2D eigenvalue weighted by atomic mass is 10.1. The van der Waals surface area contributed by atoms with E-state index in [9.17, 15) is 13.2 Å². The minimum atomic E-state index is -3.66. The normalized spacial score (nSPS) is 16.1. The molecule has 140 valence electrons. The SMILES string of the molecule is COCCC(=O)N1CCN(S(=O)(=O)c2cc(C)c(C)cc2OC)CC1. The second-order valence-corrected chi connectivity index (χ2v) is 8.02. The highest BCUT2D eigenvalue weighted by atomic mass is 32.2. The van der Waals surface area contributed by atoms with Gasteiger partial charge in [-0.2, -0.15) is 4.31 Å². The molecule has 1 aromatic carbocycles. The van der Waals surface area contributed by atoms with Gasteiger partial charge in [0.05, 0.1) is 20.1 Å². The van der Waals surface area contributed by atoms with E-state index in [1.807, 2.05) is 13.8 Å². The van der Waals surface area contributed by atoms with Gasteiger partial charge in [0, 0.05) is 33.3 Å². The molecular formula is C17H26N2O5S. The number of carbonyl (C=O) groups excluding carboxylic acids is 1. The number of sulfonamides is 1. The summed E-state index contributed by atoms with van der Waals surface area (Å²) in [6, 6.07) is 3.40. The maximum atomic E-state index is 13.0. The van der Waals surface area contributed by atoms with Gasteiger partial charge in [0.15, 0.2) is 0 Å². The smallest absolute Gasteiger partial charge is 0.246 e. The first-order valence-corrected chi connectivity index (χ1v) is 9.67. The van der Waals surface area contributed by atoms with Crippen LogP contribution in [0.4, 0.5) is 0 Å². The molecule has 0 radical (unpaired) electrons. The molecule has 0 saturated carbocycles. The number of amides is 1. The Morgan fingerprint density at radius 2 is 1.68 bits per heavy atom. The van der Waals surface area contributed by atoms with Crippen LogP contribution >= 0.6 is 0 Å². The molecule has 8 heteroatoms. The zero-order chi connectivity index (χ0) is 18.6. The second kappa shape index (κ2) is 8.16. The molecule has 0 N–H and O–H groups in total. The number of methoxy groups -OCH3 is 2. The Hall–Kier alpha value is -1.64. The number of hydrogen-bond donors (Lipinski definition) is 0. The molecule has 1 saturated heterocycles. The number of aryl methyl sites for hydroxylation is 2. The van der Waals surface area contributed by atoms with Gasteiger partial charge in [-0.1, -0.05) is 0 Å². The van der Waals surface area contributed by atoms with E-state index in [2.05, 4.69) is 0 Å². The minimum absolute atomic E-state index is 0.0114. The quantitative estimate of drug-likeness (QED) is 0.752. The Bertz CT molecular complexity index is 725. The van der Waals surface area contributed by atoms with Crippen LogP contribution in [0.2, 0.25) is 0 Å². The third kappa shape index (κ3) is 4.31. The molecule has 1 aliphatic heterocycles. The summed E-state index contributed by atoms with van der Waals surface area (Å²) < 4.78 is 37.6. The van der Waals surface area contributed by atoms with E-state index in [1.54, 1.807) is 24.1 Å². The maximum absolute atomic E-state index is 13.0. The topological polar surface area (TPSA) is 76.2 Å². The van der Waals surface area contributed by atoms with E-state index in [0.717, 1.165) is 11.1 Å². The summed E-state index contributed by atoms with van der Waals surface area (Å²) in [6.07, 6.45) is 0.314. The van der Waals surface area contributed by atoms with Crippen molar-refractivity contribution in [3.8, 4) is 5.75 Å². The highest BCUT2D eigenvalue weighted by molar-refractivity contribution is 7.89. The van der Waals surface area contributed by atoms with E-state index in [0.29, 0.717) is 31.9 Å². The summed E-state index contributed by atoms with van der Waals surface area (Å²) >= 11 is 0. The van der Waals surface area contributed by atoms with E-state index >= 15 is 0 Å². The Labute approximate surface area is 149 Å². The largest absolute Gasteiger partial charge is 0.495 e. The van der Waals surface area contributed by atoms with Gasteiger partial charge in [-0.15, -0.1) is 0 Å². The summed E-state index contributed by atoms with van der Waals surface area (Å²) in [7, 11) is -0.646. The Balaban J connectivity index is 2.15. The molecule has 1 fully saturated rings. The molecule has 1 aliphatic rings. The lowest BCUT2D eigenvalue weighted by molar-refractivity contribution is -0.133. The van der Waals surface area contributed by atoms with Crippen LogP contribution in [0.1, 0.15) is 17.5 Å². The molecule has 1 aromatic rings. The third-order valence-corrected chi connectivity index (χ3v) is 6.43. The number of rotatable bonds is 6. The molecule has 1 heterocycles. The standard InChI is InChI=1S/C17H26N2O5S/c1-13-11-15(24-4)16(12-14(13)2)25(21,22)19-8-6-18(7-9-19)17(20)5-10-23-3/h11-12H,5-10H2,1-4H3. The number of hydrogen-bond acceptors (Lipinski definition) is 5. The van der Waals surface area contributed by atoms with E-state index in [1.165, 1.54) is 11.4 Å². The van der Waals surface area contributed by atoms with Crippen molar-refractivity contribution in [2.24, 2.45) is 0 Å². The van der Waals surface area contributed by atoms with Crippen LogP contribution in [0, 0.1) is 13.8 Å². The van der Waals surface area contributed by atoms with E-state index < -0.39 is 10.0 Å². The highest BCUT2D eigenvalue weighted by Gasteiger charge is 2.32. The molecule has 7 nitrogen and oxygen atoms in total. The zero-order valence-electron chi connectivity index (χ0n) is 15.2. The fourth-order valence-corrected chi connectivity index (χ4v) is 4.43. The lowest BCUT2D eigenvalue weighted by Gasteiger charge is -2.34. The number of nitrogens with zero attached hydrogens (tertiary/aromatic N) is 2. The van der Waals surface area contributed by atoms with Crippen LogP contribution in [0.25, 0.3) is 0 Å². The Kier molecular flexibility index (Phi) is 6.42. The van der Waals surface area contributed by atoms with E-state index in [-0.39, 0.29) is 23.9 Å². The molecule has 0 bridgehead atoms. The minimum Gasteiger partial charge on any atom is -0.495 e. The summed E-state index contributed by atoms with van der Waals surface area (Å²) in [5.74, 6) is 0.337. The fourth-order valence-electron chi connectivity index (χ4n) is 2.79. The van der Waals surface area contributed by atoms with Crippen molar-refractivity contribution in [2.45, 2.75) is 25.2 Å². The predicted octanol–water partition coefficient (Wildman–Crippen LogP) is 1.18. The number of ether oxygens (including phenoxy) is 2. The first-order valence-electron chi connectivity index (χ1n) is 8.23. The van der Waals surface area contributed by atoms with Gasteiger partial charge < -0.3 is 14.4 Å². The second-order valence-electron chi connectivity index (χ2n) is 6.11. The Morgan fingerprint density at radius 1 is 1.08 bits per heavy atom. The van der Waals surface area contributed by atoms with Crippen molar-refractivity contribution in [3.63, 3.8) is 0 Å². The highest BCUT2D eigenvalue weighted by Crippen LogP contribution is 2.30. The van der Waals surface area contributed by atoms with E-state index in [4.69, 9.17) is 9.47 Å². The predicted molar refractivity (Wildman–Crippen MR) is 94.3 cm³/mol. The van der Waals surface area contributed by atoms with Gasteiger partial charge in [0.25, 0.3) is 0 Å². The molecule has 0 unspecified atom stereocenters. The van der Waals surface area contributed by atoms with Crippen LogP contribution in [-0.4, -0.2) is 70.5 Å². The Morgan fingerprint density at radius 3 is 2.24 bits per heavy atom. The van der Waals surface area contributed by atoms with Crippen LogP contribution in [0.5, 0.6) is 5.75 Å². The van der Waals surface area contributed by atoms with Crippen LogP contribution in [-0.2, 0) is 19.6 Å². The van der Waals surface area contributed by atoms with Crippen molar-refractivity contribution in [3.05, 3.63) is 23.3 Å². The average molecular weight is 370 g/mol. The molecular weight excluding hydrogens is 344 g/mol. The van der Waals surface area contributed by atoms with Gasteiger partial charge in [-0.3, -0.25) is 4.79 Å². The van der Waals surface area contributed by atoms with Crippen LogP contribution in [0.3, 0.4) is 0 Å². The van der Waals surface area contributed by atoms with Gasteiger partial charge in [-0.05, 0) is 37.1 Å². The maximum Gasteiger partial charge on any atom is 0.246 e. The van der Waals surface area contributed by atoms with Gasteiger partial charge in [0.1, 0.15) is 10.6 Å². The number of piperazine rings is 1. The van der Waals surface area contributed by atoms with Gasteiger partial charge in [-0.25, -0.2) is 8.42 Å². The van der Waals surface area contributed by atoms with Crippen molar-refractivity contribution < 1.29 is 22.7 Å². The summed E-state index contributed by atoms with van der Waals surface area (Å²) in [5, 5.41) is 0. The molecule has 25 heavy (non-hydrogen) atoms. The van der Waals surface area contributed by atoms with Crippen LogP contribution < -0.4 is 4.74 Å². The zero-order valence-corrected chi connectivity index (χ0v) is 16.1. The number of carbonyl (C=O) groups is 1. The van der Waals surface area contributed by atoms with Gasteiger partial charge >= 0.3 is 0 Å². The van der Waals surface area contributed by atoms with Crippen LogP contribution in [0.15, 0.2) is 17.0 Å². The number of benzene rings is 1. The van der Waals surface area contributed by atoms with Crippen molar-refractivity contribution >= 4 is 15.9 Å². The van der Waals surface area contributed by atoms with Gasteiger partial charge in [0.2, 0.25) is 15.9 Å². The fraction of sp³-hybridized carbons (Fsp3) is 0.588. The monoisotopic (exact) mass is 370 g/mol. The molecule has 0 aromatic heterocycles. The average Bonchev–Trinajstić information content (AvgIpc) is 2.61. The van der Waals surface area contributed by atoms with Crippen molar-refractivity contribution in [1.29, 1.82) is 0 Å². The third-order valence-electron chi connectivity index (χ3n) is 4.51. The summed E-state index contributed by atoms with van der Waals surface area (Å²) in [5.41, 5.74) is 1.87. The molecule has 0 spiro atoms. The molecule has 0 atom stereocenters. The molecule has 2 rings (SSSR count).